The molecule has 1 saturated carbocycles. The summed E-state index contributed by atoms with van der Waals surface area (Å²) in [4.78, 5) is 11.7. The Morgan fingerprint density at radius 1 is 1.46 bits per heavy atom. The lowest BCUT2D eigenvalue weighted by Gasteiger charge is -2.59. The first-order valence-electron chi connectivity index (χ1n) is 5.17. The Balaban J connectivity index is 2.36. The van der Waals surface area contributed by atoms with E-state index in [1.165, 1.54) is 12.0 Å². The smallest absolute Gasteiger partial charge is 0.136 e. The van der Waals surface area contributed by atoms with Gasteiger partial charge in [-0.2, -0.15) is 0 Å². The fourth-order valence-electron chi connectivity index (χ4n) is 3.24. The van der Waals surface area contributed by atoms with Crippen molar-refractivity contribution in [3.05, 3.63) is 11.6 Å². The number of Topliss-reactive ketones (excluding diaryl/α,β-unsaturated/α-hetero) is 1. The zero-order valence-electron chi connectivity index (χ0n) is 8.81. The molecular weight excluding hydrogens is 160 g/mol. The van der Waals surface area contributed by atoms with Gasteiger partial charge in [0.25, 0.3) is 0 Å². The van der Waals surface area contributed by atoms with Crippen LogP contribution in [0.4, 0.5) is 0 Å². The average molecular weight is 178 g/mol. The lowest BCUT2D eigenvalue weighted by Crippen LogP contribution is -2.55. The number of hydrogen-bond donors (Lipinski definition) is 0. The number of allylic oxidation sites excluding steroid dienone is 2. The summed E-state index contributed by atoms with van der Waals surface area (Å²) in [6, 6.07) is 0. The second-order valence-corrected chi connectivity index (χ2v) is 5.13. The third kappa shape index (κ3) is 0.962. The topological polar surface area (TPSA) is 17.1 Å². The average Bonchev–Trinajstić information content (AvgIpc) is 2.00. The molecule has 0 aromatic heterocycles. The van der Waals surface area contributed by atoms with Gasteiger partial charge >= 0.3 is 0 Å². The van der Waals surface area contributed by atoms with Crippen molar-refractivity contribution in [2.45, 2.75) is 46.5 Å². The predicted molar refractivity (Wildman–Crippen MR) is 53.4 cm³/mol. The van der Waals surface area contributed by atoms with Crippen LogP contribution < -0.4 is 0 Å². The van der Waals surface area contributed by atoms with Crippen LogP contribution >= 0.6 is 0 Å². The molecule has 13 heavy (non-hydrogen) atoms. The SMILES string of the molecule is CC(=O)[C@@]12CC=C(C)C[C@]1(C)CC2. The van der Waals surface area contributed by atoms with Gasteiger partial charge in [-0.3, -0.25) is 4.79 Å². The molecule has 1 fully saturated rings. The number of ketones is 1. The zero-order valence-corrected chi connectivity index (χ0v) is 8.81. The van der Waals surface area contributed by atoms with Gasteiger partial charge in [0.1, 0.15) is 5.78 Å². The van der Waals surface area contributed by atoms with E-state index >= 15 is 0 Å². The van der Waals surface area contributed by atoms with Crippen LogP contribution in [0.2, 0.25) is 0 Å². The quantitative estimate of drug-likeness (QED) is 0.564. The second-order valence-electron chi connectivity index (χ2n) is 5.13. The summed E-state index contributed by atoms with van der Waals surface area (Å²) in [6.45, 7) is 6.24. The standard InChI is InChI=1S/C12H18O/c1-9-4-5-12(10(2)13)7-6-11(12,3)8-9/h4H,5-8H2,1-3H3/t11-,12-/m0/s1. The third-order valence-corrected chi connectivity index (χ3v) is 4.40. The van der Waals surface area contributed by atoms with Crippen LogP contribution in [0.1, 0.15) is 46.5 Å². The number of fused-ring (bicyclic) bond motifs is 1. The lowest BCUT2D eigenvalue weighted by atomic mass is 9.44. The maximum absolute atomic E-state index is 11.7. The Morgan fingerprint density at radius 2 is 2.15 bits per heavy atom. The Bertz CT molecular complexity index is 289. The van der Waals surface area contributed by atoms with E-state index in [1.54, 1.807) is 6.92 Å². The van der Waals surface area contributed by atoms with Crippen LogP contribution in [0, 0.1) is 10.8 Å². The normalized spacial score (nSPS) is 43.2. The molecule has 0 radical (unpaired) electrons. The van der Waals surface area contributed by atoms with E-state index in [1.807, 2.05) is 0 Å². The van der Waals surface area contributed by atoms with Crippen molar-refractivity contribution in [1.82, 2.24) is 0 Å². The van der Waals surface area contributed by atoms with Crippen molar-refractivity contribution < 1.29 is 4.79 Å². The van der Waals surface area contributed by atoms with Gasteiger partial charge in [-0.15, -0.1) is 0 Å². The molecule has 0 heterocycles. The maximum Gasteiger partial charge on any atom is 0.136 e. The van der Waals surface area contributed by atoms with Gasteiger partial charge < -0.3 is 0 Å². The Hall–Kier alpha value is -0.590. The number of hydrogen-bond acceptors (Lipinski definition) is 1. The summed E-state index contributed by atoms with van der Waals surface area (Å²) in [5, 5.41) is 0. The zero-order chi connectivity index (χ0) is 9.69. The molecule has 1 nitrogen and oxygen atoms in total. The molecule has 0 saturated heterocycles. The van der Waals surface area contributed by atoms with E-state index in [4.69, 9.17) is 0 Å². The van der Waals surface area contributed by atoms with Crippen LogP contribution in [0.15, 0.2) is 11.6 Å². The molecule has 72 valence electrons. The van der Waals surface area contributed by atoms with Crippen LogP contribution in [0.5, 0.6) is 0 Å². The molecule has 2 rings (SSSR count). The van der Waals surface area contributed by atoms with Gasteiger partial charge in [-0.05, 0) is 44.9 Å². The summed E-state index contributed by atoms with van der Waals surface area (Å²) in [7, 11) is 0. The molecule has 0 amide bonds. The molecule has 2 atom stereocenters. The maximum atomic E-state index is 11.7. The predicted octanol–water partition coefficient (Wildman–Crippen LogP) is 3.10. The highest BCUT2D eigenvalue weighted by Crippen LogP contribution is 2.64. The van der Waals surface area contributed by atoms with E-state index in [2.05, 4.69) is 19.9 Å². The summed E-state index contributed by atoms with van der Waals surface area (Å²) < 4.78 is 0. The first-order valence-corrected chi connectivity index (χ1v) is 5.17. The lowest BCUT2D eigenvalue weighted by molar-refractivity contribution is -0.150. The summed E-state index contributed by atoms with van der Waals surface area (Å²) >= 11 is 0. The van der Waals surface area contributed by atoms with E-state index in [-0.39, 0.29) is 10.8 Å². The number of carbonyl (C=O) groups excluding carboxylic acids is 1. The molecular formula is C12H18O. The first-order chi connectivity index (χ1) is 6.00. The monoisotopic (exact) mass is 178 g/mol. The van der Waals surface area contributed by atoms with Crippen LogP contribution in [0.3, 0.4) is 0 Å². The molecule has 0 spiro atoms. The van der Waals surface area contributed by atoms with E-state index in [9.17, 15) is 4.79 Å². The van der Waals surface area contributed by atoms with E-state index in [0.717, 1.165) is 19.3 Å². The van der Waals surface area contributed by atoms with Gasteiger partial charge in [0.15, 0.2) is 0 Å². The molecule has 0 unspecified atom stereocenters. The molecule has 0 N–H and O–H groups in total. The minimum atomic E-state index is 0.0203. The highest BCUT2D eigenvalue weighted by atomic mass is 16.1. The second kappa shape index (κ2) is 2.46. The summed E-state index contributed by atoms with van der Waals surface area (Å²) in [6.07, 6.45) is 6.74. The fraction of sp³-hybridized carbons (Fsp3) is 0.750. The Kier molecular flexibility index (Phi) is 1.70. The minimum absolute atomic E-state index is 0.0203. The van der Waals surface area contributed by atoms with Crippen LogP contribution in [-0.4, -0.2) is 5.78 Å². The van der Waals surface area contributed by atoms with E-state index < -0.39 is 0 Å². The molecule has 1 heteroatoms. The van der Waals surface area contributed by atoms with Crippen LogP contribution in [0.25, 0.3) is 0 Å². The van der Waals surface area contributed by atoms with Crippen molar-refractivity contribution in [3.8, 4) is 0 Å². The first kappa shape index (κ1) is 8.98. The highest BCUT2D eigenvalue weighted by molar-refractivity contribution is 5.85. The molecule has 0 bridgehead atoms. The summed E-state index contributed by atoms with van der Waals surface area (Å²) in [5.41, 5.74) is 1.78. The van der Waals surface area contributed by atoms with Crippen molar-refractivity contribution in [2.24, 2.45) is 10.8 Å². The van der Waals surface area contributed by atoms with Crippen molar-refractivity contribution in [3.63, 3.8) is 0 Å². The number of carbonyl (C=O) groups is 1. The number of rotatable bonds is 1. The van der Waals surface area contributed by atoms with Gasteiger partial charge in [-0.1, -0.05) is 18.6 Å². The van der Waals surface area contributed by atoms with Crippen LogP contribution in [-0.2, 0) is 4.79 Å². The minimum Gasteiger partial charge on any atom is -0.299 e. The molecule has 2 aliphatic carbocycles. The Labute approximate surface area is 80.2 Å². The third-order valence-electron chi connectivity index (χ3n) is 4.40. The van der Waals surface area contributed by atoms with Gasteiger partial charge in [-0.25, -0.2) is 0 Å². The molecule has 0 aliphatic heterocycles. The van der Waals surface area contributed by atoms with Crippen molar-refractivity contribution in [2.75, 3.05) is 0 Å². The Morgan fingerprint density at radius 3 is 2.54 bits per heavy atom. The highest BCUT2D eigenvalue weighted by Gasteiger charge is 2.59. The van der Waals surface area contributed by atoms with Gasteiger partial charge in [0.2, 0.25) is 0 Å². The molecule has 0 aromatic carbocycles. The molecule has 0 aromatic rings. The molecule has 2 aliphatic rings. The summed E-state index contributed by atoms with van der Waals surface area (Å²) in [5.74, 6) is 0.407. The largest absolute Gasteiger partial charge is 0.299 e. The van der Waals surface area contributed by atoms with E-state index in [0.29, 0.717) is 5.78 Å². The van der Waals surface area contributed by atoms with Crippen molar-refractivity contribution in [1.29, 1.82) is 0 Å². The fourth-order valence-corrected chi connectivity index (χ4v) is 3.24. The van der Waals surface area contributed by atoms with Gasteiger partial charge in [0, 0.05) is 5.41 Å². The van der Waals surface area contributed by atoms with Crippen molar-refractivity contribution >= 4 is 5.78 Å². The van der Waals surface area contributed by atoms with Gasteiger partial charge in [0.05, 0.1) is 0 Å².